The zero-order chi connectivity index (χ0) is 17.0. The number of carboxylic acid groups (broad SMARTS) is 1. The van der Waals surface area contributed by atoms with Gasteiger partial charge in [0.15, 0.2) is 0 Å². The zero-order valence-electron chi connectivity index (χ0n) is 13.4. The third-order valence-corrected chi connectivity index (χ3v) is 3.95. The van der Waals surface area contributed by atoms with Crippen molar-refractivity contribution in [1.29, 1.82) is 0 Å². The van der Waals surface area contributed by atoms with Crippen LogP contribution in [0.1, 0.15) is 47.4 Å². The summed E-state index contributed by atoms with van der Waals surface area (Å²) in [6.07, 6.45) is 0.964. The van der Waals surface area contributed by atoms with Gasteiger partial charge in [-0.05, 0) is 51.0 Å². The Balaban J connectivity index is 1.98. The lowest BCUT2D eigenvalue weighted by molar-refractivity contribution is -0.143. The average Bonchev–Trinajstić information content (AvgIpc) is 2.53. The SMILES string of the molecule is CC(C)NC(=O)c1ccc(C(=O)N2CCC(C(=O)O)CC2)cc1. The minimum Gasteiger partial charge on any atom is -0.481 e. The molecule has 1 aliphatic rings. The van der Waals surface area contributed by atoms with Crippen molar-refractivity contribution in [3.63, 3.8) is 0 Å². The monoisotopic (exact) mass is 318 g/mol. The maximum Gasteiger partial charge on any atom is 0.306 e. The molecular formula is C17H22N2O4. The number of nitrogens with one attached hydrogen (secondary N) is 1. The number of carboxylic acids is 1. The van der Waals surface area contributed by atoms with E-state index >= 15 is 0 Å². The Kier molecular flexibility index (Phi) is 5.36. The second kappa shape index (κ2) is 7.26. The van der Waals surface area contributed by atoms with Gasteiger partial charge in [0, 0.05) is 30.3 Å². The molecule has 2 rings (SSSR count). The molecule has 0 radical (unpaired) electrons. The number of hydrogen-bond donors (Lipinski definition) is 2. The van der Waals surface area contributed by atoms with Crippen LogP contribution >= 0.6 is 0 Å². The number of carbonyl (C=O) groups is 3. The maximum atomic E-state index is 12.4. The van der Waals surface area contributed by atoms with E-state index in [-0.39, 0.29) is 23.8 Å². The molecule has 2 amide bonds. The quantitative estimate of drug-likeness (QED) is 0.885. The highest BCUT2D eigenvalue weighted by atomic mass is 16.4. The van der Waals surface area contributed by atoms with Crippen LogP contribution in [-0.4, -0.2) is 46.9 Å². The van der Waals surface area contributed by atoms with E-state index in [4.69, 9.17) is 5.11 Å². The molecular weight excluding hydrogens is 296 g/mol. The Morgan fingerprint density at radius 2 is 1.61 bits per heavy atom. The molecule has 1 heterocycles. The molecule has 23 heavy (non-hydrogen) atoms. The average molecular weight is 318 g/mol. The standard InChI is InChI=1S/C17H22N2O4/c1-11(2)18-15(20)12-3-5-13(6-4-12)16(21)19-9-7-14(8-10-19)17(22)23/h3-6,11,14H,7-10H2,1-2H3,(H,18,20)(H,22,23). The van der Waals surface area contributed by atoms with Gasteiger partial charge in [0.1, 0.15) is 0 Å². The maximum absolute atomic E-state index is 12.4. The van der Waals surface area contributed by atoms with E-state index in [2.05, 4.69) is 5.32 Å². The Morgan fingerprint density at radius 3 is 2.09 bits per heavy atom. The van der Waals surface area contributed by atoms with E-state index in [9.17, 15) is 14.4 Å². The molecule has 0 aromatic heterocycles. The highest BCUT2D eigenvalue weighted by molar-refractivity contribution is 5.98. The molecule has 124 valence electrons. The van der Waals surface area contributed by atoms with E-state index in [0.29, 0.717) is 37.1 Å². The van der Waals surface area contributed by atoms with Crippen LogP contribution in [0.25, 0.3) is 0 Å². The lowest BCUT2D eigenvalue weighted by Gasteiger charge is -2.30. The van der Waals surface area contributed by atoms with E-state index in [1.807, 2.05) is 13.8 Å². The van der Waals surface area contributed by atoms with Crippen molar-refractivity contribution in [2.75, 3.05) is 13.1 Å². The van der Waals surface area contributed by atoms with Gasteiger partial charge in [-0.3, -0.25) is 14.4 Å². The van der Waals surface area contributed by atoms with Crippen LogP contribution in [-0.2, 0) is 4.79 Å². The van der Waals surface area contributed by atoms with E-state index < -0.39 is 5.97 Å². The summed E-state index contributed by atoms with van der Waals surface area (Å²) in [6, 6.07) is 6.60. The fourth-order valence-corrected chi connectivity index (χ4v) is 2.62. The molecule has 1 saturated heterocycles. The van der Waals surface area contributed by atoms with Crippen molar-refractivity contribution in [1.82, 2.24) is 10.2 Å². The summed E-state index contributed by atoms with van der Waals surface area (Å²) in [5.41, 5.74) is 1.03. The normalized spacial score (nSPS) is 15.5. The van der Waals surface area contributed by atoms with Crippen molar-refractivity contribution in [3.8, 4) is 0 Å². The van der Waals surface area contributed by atoms with Gasteiger partial charge in [0.05, 0.1) is 5.92 Å². The van der Waals surface area contributed by atoms with Crippen molar-refractivity contribution >= 4 is 17.8 Å². The van der Waals surface area contributed by atoms with Gasteiger partial charge >= 0.3 is 5.97 Å². The van der Waals surface area contributed by atoms with Gasteiger partial charge in [-0.15, -0.1) is 0 Å². The molecule has 0 saturated carbocycles. The molecule has 1 fully saturated rings. The summed E-state index contributed by atoms with van der Waals surface area (Å²) in [5, 5.41) is 11.8. The number of aliphatic carboxylic acids is 1. The summed E-state index contributed by atoms with van der Waals surface area (Å²) < 4.78 is 0. The van der Waals surface area contributed by atoms with Gasteiger partial charge in [-0.25, -0.2) is 0 Å². The molecule has 1 aliphatic heterocycles. The Hall–Kier alpha value is -2.37. The minimum absolute atomic E-state index is 0.0549. The van der Waals surface area contributed by atoms with Gasteiger partial charge in [0.25, 0.3) is 11.8 Å². The van der Waals surface area contributed by atoms with Crippen LogP contribution < -0.4 is 5.32 Å². The first-order valence-corrected chi connectivity index (χ1v) is 7.81. The van der Waals surface area contributed by atoms with Gasteiger partial charge in [-0.1, -0.05) is 0 Å². The highest BCUT2D eigenvalue weighted by Gasteiger charge is 2.27. The lowest BCUT2D eigenvalue weighted by atomic mass is 9.96. The first kappa shape index (κ1) is 17.0. The number of rotatable bonds is 4. The molecule has 2 N–H and O–H groups in total. The van der Waals surface area contributed by atoms with Crippen molar-refractivity contribution < 1.29 is 19.5 Å². The summed E-state index contributed by atoms with van der Waals surface area (Å²) in [4.78, 5) is 36.9. The second-order valence-corrected chi connectivity index (χ2v) is 6.11. The highest BCUT2D eigenvalue weighted by Crippen LogP contribution is 2.19. The van der Waals surface area contributed by atoms with Crippen LogP contribution in [0.2, 0.25) is 0 Å². The molecule has 1 aromatic rings. The number of likely N-dealkylation sites (tertiary alicyclic amines) is 1. The molecule has 1 aromatic carbocycles. The van der Waals surface area contributed by atoms with Crippen LogP contribution in [0.4, 0.5) is 0 Å². The Labute approximate surface area is 135 Å². The molecule has 0 atom stereocenters. The number of carbonyl (C=O) groups excluding carboxylic acids is 2. The third-order valence-electron chi connectivity index (χ3n) is 3.95. The first-order valence-electron chi connectivity index (χ1n) is 7.81. The predicted octanol–water partition coefficient (Wildman–Crippen LogP) is 1.76. The lowest BCUT2D eigenvalue weighted by Crippen LogP contribution is -2.40. The van der Waals surface area contributed by atoms with Crippen molar-refractivity contribution in [3.05, 3.63) is 35.4 Å². The number of nitrogens with zero attached hydrogens (tertiary/aromatic N) is 1. The third kappa shape index (κ3) is 4.31. The largest absolute Gasteiger partial charge is 0.481 e. The fourth-order valence-electron chi connectivity index (χ4n) is 2.62. The van der Waals surface area contributed by atoms with E-state index in [0.717, 1.165) is 0 Å². The number of piperidine rings is 1. The van der Waals surface area contributed by atoms with Crippen molar-refractivity contribution in [2.24, 2.45) is 5.92 Å². The molecule has 6 heteroatoms. The number of hydrogen-bond acceptors (Lipinski definition) is 3. The van der Waals surface area contributed by atoms with Crippen LogP contribution in [0.15, 0.2) is 24.3 Å². The van der Waals surface area contributed by atoms with Gasteiger partial charge in [-0.2, -0.15) is 0 Å². The minimum atomic E-state index is -0.794. The summed E-state index contributed by atoms with van der Waals surface area (Å²) in [5.74, 6) is -1.44. The summed E-state index contributed by atoms with van der Waals surface area (Å²) in [6.45, 7) is 4.67. The van der Waals surface area contributed by atoms with Gasteiger partial charge < -0.3 is 15.3 Å². The predicted molar refractivity (Wildman–Crippen MR) is 85.3 cm³/mol. The number of benzene rings is 1. The summed E-state index contributed by atoms with van der Waals surface area (Å²) >= 11 is 0. The molecule has 0 aliphatic carbocycles. The van der Waals surface area contributed by atoms with Crippen LogP contribution in [0.3, 0.4) is 0 Å². The van der Waals surface area contributed by atoms with Crippen molar-refractivity contribution in [2.45, 2.75) is 32.7 Å². The smallest absolute Gasteiger partial charge is 0.306 e. The first-order chi connectivity index (χ1) is 10.9. The van der Waals surface area contributed by atoms with E-state index in [1.165, 1.54) is 0 Å². The topological polar surface area (TPSA) is 86.7 Å². The Morgan fingerprint density at radius 1 is 1.09 bits per heavy atom. The molecule has 6 nitrogen and oxygen atoms in total. The van der Waals surface area contributed by atoms with Crippen LogP contribution in [0.5, 0.6) is 0 Å². The fraction of sp³-hybridized carbons (Fsp3) is 0.471. The summed E-state index contributed by atoms with van der Waals surface area (Å²) in [7, 11) is 0. The molecule has 0 unspecified atom stereocenters. The molecule has 0 spiro atoms. The molecule has 0 bridgehead atoms. The van der Waals surface area contributed by atoms with Crippen LogP contribution in [0, 0.1) is 5.92 Å². The van der Waals surface area contributed by atoms with E-state index in [1.54, 1.807) is 29.2 Å². The second-order valence-electron chi connectivity index (χ2n) is 6.11. The number of amides is 2. The zero-order valence-corrected chi connectivity index (χ0v) is 13.4. The Bertz CT molecular complexity index is 587. The van der Waals surface area contributed by atoms with Gasteiger partial charge in [0.2, 0.25) is 0 Å².